The average molecular weight is 696 g/mol. The van der Waals surface area contributed by atoms with Crippen molar-refractivity contribution >= 4 is 33.1 Å². The Kier molecular flexibility index (Phi) is 9.40. The van der Waals surface area contributed by atoms with Crippen LogP contribution in [0, 0.1) is 11.8 Å². The van der Waals surface area contributed by atoms with Crippen LogP contribution >= 0.6 is 11.6 Å². The Hall–Kier alpha value is -3.25. The van der Waals surface area contributed by atoms with Crippen molar-refractivity contribution < 1.29 is 32.5 Å². The molecule has 6 atom stereocenters. The molecular formula is C36H42ClN3O7S. The lowest BCUT2D eigenvalue weighted by Gasteiger charge is -2.47. The molecule has 0 bridgehead atoms. The van der Waals surface area contributed by atoms with Gasteiger partial charge in [0.05, 0.1) is 41.9 Å². The molecule has 1 aromatic heterocycles. The second-order valence-corrected chi connectivity index (χ2v) is 16.6. The highest BCUT2D eigenvalue weighted by Gasteiger charge is 2.45. The fourth-order valence-corrected chi connectivity index (χ4v) is 9.29. The number of benzene rings is 2. The fraction of sp³-hybridized carbons (Fsp3) is 0.528. The van der Waals surface area contributed by atoms with Crippen LogP contribution in [0.15, 0.2) is 60.0 Å². The number of halogens is 1. The minimum atomic E-state index is -3.69. The summed E-state index contributed by atoms with van der Waals surface area (Å²) in [7, 11) is -3.69. The number of anilines is 1. The predicted molar refractivity (Wildman–Crippen MR) is 181 cm³/mol. The number of sulfone groups is 1. The molecule has 0 radical (unpaired) electrons. The SMILES string of the molecule is C[C@@H](CO[C@H]1CCO[C@H]([C@@H]2CC[C@H]2CN2CC3(CCCc4cc(Cl)ccc43)COc3ccc(C(=O)O)cc32)C1)S(=O)(=O)c1ncccn1. The van der Waals surface area contributed by atoms with E-state index in [1.807, 2.05) is 6.07 Å². The summed E-state index contributed by atoms with van der Waals surface area (Å²) in [6.07, 6.45) is 9.25. The van der Waals surface area contributed by atoms with Gasteiger partial charge in [0.2, 0.25) is 15.0 Å². The van der Waals surface area contributed by atoms with Crippen molar-refractivity contribution in [2.45, 2.75) is 79.9 Å². The molecule has 2 aliphatic carbocycles. The monoisotopic (exact) mass is 695 g/mol. The summed E-state index contributed by atoms with van der Waals surface area (Å²) in [6, 6.07) is 13.0. The van der Waals surface area contributed by atoms with Crippen LogP contribution in [-0.2, 0) is 31.1 Å². The highest BCUT2D eigenvalue weighted by molar-refractivity contribution is 7.91. The Morgan fingerprint density at radius 1 is 1.17 bits per heavy atom. The molecular weight excluding hydrogens is 654 g/mol. The van der Waals surface area contributed by atoms with Gasteiger partial charge in [-0.3, -0.25) is 0 Å². The van der Waals surface area contributed by atoms with E-state index in [-0.39, 0.29) is 34.9 Å². The Balaban J connectivity index is 1.07. The highest BCUT2D eigenvalue weighted by atomic mass is 35.5. The molecule has 1 spiro atoms. The quantitative estimate of drug-likeness (QED) is 0.276. The third-order valence-electron chi connectivity index (χ3n) is 10.9. The molecule has 2 aromatic carbocycles. The van der Waals surface area contributed by atoms with Gasteiger partial charge in [-0.1, -0.05) is 17.7 Å². The second-order valence-electron chi connectivity index (χ2n) is 13.9. The number of carbonyl (C=O) groups is 1. The van der Waals surface area contributed by atoms with Gasteiger partial charge >= 0.3 is 5.97 Å². The van der Waals surface area contributed by atoms with Crippen LogP contribution in [0.1, 0.15) is 66.9 Å². The number of aromatic carboxylic acids is 1. The molecule has 2 fully saturated rings. The fourth-order valence-electron chi connectivity index (χ4n) is 8.06. The molecule has 7 rings (SSSR count). The van der Waals surface area contributed by atoms with E-state index < -0.39 is 21.1 Å². The first-order chi connectivity index (χ1) is 23.1. The lowest BCUT2D eigenvalue weighted by atomic mass is 9.67. The van der Waals surface area contributed by atoms with E-state index in [0.29, 0.717) is 43.6 Å². The van der Waals surface area contributed by atoms with Crippen LogP contribution in [0.25, 0.3) is 0 Å². The summed E-state index contributed by atoms with van der Waals surface area (Å²) in [5.41, 5.74) is 3.34. The summed E-state index contributed by atoms with van der Waals surface area (Å²) in [4.78, 5) is 22.3. The maximum Gasteiger partial charge on any atom is 0.335 e. The van der Waals surface area contributed by atoms with Gasteiger partial charge in [-0.05, 0) is 105 Å². The van der Waals surface area contributed by atoms with E-state index in [0.717, 1.165) is 55.9 Å². The number of nitrogens with zero attached hydrogens (tertiary/aromatic N) is 3. The number of hydrogen-bond acceptors (Lipinski definition) is 9. The Morgan fingerprint density at radius 3 is 2.77 bits per heavy atom. The molecule has 48 heavy (non-hydrogen) atoms. The van der Waals surface area contributed by atoms with Gasteiger partial charge < -0.3 is 24.2 Å². The first kappa shape index (κ1) is 33.3. The molecule has 3 aromatic rings. The normalized spacial score (nSPS) is 27.6. The summed E-state index contributed by atoms with van der Waals surface area (Å²) < 4.78 is 45.0. The molecule has 4 aliphatic rings. The van der Waals surface area contributed by atoms with Crippen molar-refractivity contribution in [3.05, 3.63) is 76.6 Å². The molecule has 3 heterocycles. The number of hydrogen-bond donors (Lipinski definition) is 1. The zero-order valence-corrected chi connectivity index (χ0v) is 28.7. The summed E-state index contributed by atoms with van der Waals surface area (Å²) >= 11 is 6.41. The lowest BCUT2D eigenvalue weighted by molar-refractivity contribution is -0.116. The maximum absolute atomic E-state index is 12.9. The topological polar surface area (TPSA) is 128 Å². The van der Waals surface area contributed by atoms with E-state index in [4.69, 9.17) is 25.8 Å². The van der Waals surface area contributed by atoms with Gasteiger partial charge in [-0.15, -0.1) is 0 Å². The number of rotatable bonds is 9. The smallest absolute Gasteiger partial charge is 0.335 e. The Bertz CT molecular complexity index is 1760. The van der Waals surface area contributed by atoms with Gasteiger partial charge in [-0.2, -0.15) is 0 Å². The van der Waals surface area contributed by atoms with Crippen LogP contribution in [0.3, 0.4) is 0 Å². The van der Waals surface area contributed by atoms with Crippen molar-refractivity contribution in [1.82, 2.24) is 9.97 Å². The minimum absolute atomic E-state index is 0.00595. The number of ether oxygens (including phenoxy) is 3. The van der Waals surface area contributed by atoms with Gasteiger partial charge in [0, 0.05) is 48.9 Å². The Morgan fingerprint density at radius 2 is 2.00 bits per heavy atom. The van der Waals surface area contributed by atoms with Crippen molar-refractivity contribution in [3.8, 4) is 5.75 Å². The first-order valence-electron chi connectivity index (χ1n) is 16.9. The third-order valence-corrected chi connectivity index (χ3v) is 13.0. The molecule has 10 nitrogen and oxygen atoms in total. The molecule has 1 N–H and O–H groups in total. The van der Waals surface area contributed by atoms with Crippen LogP contribution in [0.2, 0.25) is 5.02 Å². The third kappa shape index (κ3) is 6.54. The van der Waals surface area contributed by atoms with E-state index in [1.165, 1.54) is 23.5 Å². The predicted octanol–water partition coefficient (Wildman–Crippen LogP) is 5.75. The zero-order chi connectivity index (χ0) is 33.5. The van der Waals surface area contributed by atoms with E-state index in [2.05, 4.69) is 27.0 Å². The second kappa shape index (κ2) is 13.6. The summed E-state index contributed by atoms with van der Waals surface area (Å²) in [6.45, 7) is 4.25. The van der Waals surface area contributed by atoms with E-state index in [9.17, 15) is 18.3 Å². The van der Waals surface area contributed by atoms with Crippen molar-refractivity contribution in [2.75, 3.05) is 37.8 Å². The maximum atomic E-state index is 12.9. The number of aryl methyl sites for hydroxylation is 1. The summed E-state index contributed by atoms with van der Waals surface area (Å²) in [5, 5.41) is 9.64. The summed E-state index contributed by atoms with van der Waals surface area (Å²) in [5.74, 6) is 0.407. The van der Waals surface area contributed by atoms with E-state index in [1.54, 1.807) is 31.2 Å². The van der Waals surface area contributed by atoms with Crippen LogP contribution in [-0.4, -0.2) is 79.8 Å². The molecule has 1 saturated heterocycles. The lowest BCUT2D eigenvalue weighted by Crippen LogP contribution is -2.51. The van der Waals surface area contributed by atoms with Crippen molar-refractivity contribution in [3.63, 3.8) is 0 Å². The van der Waals surface area contributed by atoms with Crippen molar-refractivity contribution in [1.29, 1.82) is 0 Å². The number of carboxylic acid groups (broad SMARTS) is 1. The van der Waals surface area contributed by atoms with Gasteiger partial charge in [0.15, 0.2) is 0 Å². The van der Waals surface area contributed by atoms with Crippen LogP contribution in [0.4, 0.5) is 5.69 Å². The van der Waals surface area contributed by atoms with E-state index >= 15 is 0 Å². The highest BCUT2D eigenvalue weighted by Crippen LogP contribution is 2.47. The number of carboxylic acids is 1. The zero-order valence-electron chi connectivity index (χ0n) is 27.1. The molecule has 1 saturated carbocycles. The van der Waals surface area contributed by atoms with Gasteiger partial charge in [0.1, 0.15) is 5.75 Å². The molecule has 256 valence electrons. The number of fused-ring (bicyclic) bond motifs is 3. The minimum Gasteiger partial charge on any atom is -0.490 e. The van der Waals surface area contributed by atoms with Gasteiger partial charge in [0.25, 0.3) is 0 Å². The van der Waals surface area contributed by atoms with Crippen LogP contribution < -0.4 is 9.64 Å². The van der Waals surface area contributed by atoms with Crippen LogP contribution in [0.5, 0.6) is 5.75 Å². The molecule has 12 heteroatoms. The number of aromatic nitrogens is 2. The average Bonchev–Trinajstić information content (AvgIpc) is 3.22. The Labute approximate surface area is 286 Å². The van der Waals surface area contributed by atoms with Gasteiger partial charge in [-0.25, -0.2) is 23.2 Å². The largest absolute Gasteiger partial charge is 0.490 e. The standard InChI is InChI=1S/C36H42ClN3O7S/c1-23(48(43,44)35-38-13-3-14-39-35)20-46-28-11-15-45-33(18-28)29-8-5-26(29)19-40-21-36(12-2-4-24-16-27(37)7-9-30(24)36)22-47-32-10-6-25(34(41)42)17-31(32)40/h3,6-7,9-10,13-14,16-17,23,26,28-29,33H,2,4-5,8,11-12,15,18-22H2,1H3,(H,41,42)/t23-,26-,28-,29+,33-,36?/m0/s1. The van der Waals surface area contributed by atoms with Crippen molar-refractivity contribution in [2.24, 2.45) is 11.8 Å². The first-order valence-corrected chi connectivity index (χ1v) is 18.8. The molecule has 1 unspecified atom stereocenters. The molecule has 2 aliphatic heterocycles. The molecule has 0 amide bonds.